The summed E-state index contributed by atoms with van der Waals surface area (Å²) in [6.07, 6.45) is 2.10. The number of aliphatic hydroxyl groups is 1. The summed E-state index contributed by atoms with van der Waals surface area (Å²) in [6, 6.07) is 0. The molecule has 0 fully saturated rings. The number of esters is 1. The van der Waals surface area contributed by atoms with Crippen LogP contribution in [-0.2, 0) is 28.6 Å². The molecule has 0 aromatic heterocycles. The Bertz CT molecular complexity index is 534. The lowest BCUT2D eigenvalue weighted by molar-refractivity contribution is -0.247. The van der Waals surface area contributed by atoms with Gasteiger partial charge in [-0.3, -0.25) is 4.18 Å². The predicted molar refractivity (Wildman–Crippen MR) is 84.1 cm³/mol. The van der Waals surface area contributed by atoms with Crippen molar-refractivity contribution in [3.63, 3.8) is 0 Å². The van der Waals surface area contributed by atoms with Crippen LogP contribution < -0.4 is 0 Å². The third-order valence-corrected chi connectivity index (χ3v) is 4.34. The van der Waals surface area contributed by atoms with Gasteiger partial charge < -0.3 is 14.6 Å². The summed E-state index contributed by atoms with van der Waals surface area (Å²) in [5.74, 6) is -1.84. The molecule has 0 radical (unpaired) electrons. The van der Waals surface area contributed by atoms with E-state index in [9.17, 15) is 18.3 Å². The van der Waals surface area contributed by atoms with Gasteiger partial charge in [-0.1, -0.05) is 19.9 Å². The lowest BCUT2D eigenvalue weighted by atomic mass is 9.93. The first-order valence-corrected chi connectivity index (χ1v) is 9.60. The molecule has 1 rings (SSSR count). The Morgan fingerprint density at radius 2 is 1.91 bits per heavy atom. The van der Waals surface area contributed by atoms with Crippen LogP contribution in [0.4, 0.5) is 0 Å². The van der Waals surface area contributed by atoms with Crippen molar-refractivity contribution in [1.82, 2.24) is 0 Å². The average molecular weight is 350 g/mol. The molecule has 0 aromatic carbocycles. The molecule has 0 saturated heterocycles. The third-order valence-electron chi connectivity index (χ3n) is 3.74. The molecule has 1 N–H and O–H groups in total. The molecule has 2 atom stereocenters. The Morgan fingerprint density at radius 3 is 2.39 bits per heavy atom. The highest BCUT2D eigenvalue weighted by atomic mass is 32.2. The Kier molecular flexibility index (Phi) is 7.19. The van der Waals surface area contributed by atoms with Crippen molar-refractivity contribution in [1.29, 1.82) is 0 Å². The second kappa shape index (κ2) is 8.23. The van der Waals surface area contributed by atoms with Crippen molar-refractivity contribution in [3.05, 3.63) is 11.6 Å². The summed E-state index contributed by atoms with van der Waals surface area (Å²) in [5.41, 5.74) is 0.358. The third kappa shape index (κ3) is 6.21. The summed E-state index contributed by atoms with van der Waals surface area (Å²) in [6.45, 7) is 5.48. The van der Waals surface area contributed by atoms with E-state index in [0.717, 1.165) is 6.26 Å². The van der Waals surface area contributed by atoms with Crippen molar-refractivity contribution in [3.8, 4) is 0 Å². The molecule has 1 aliphatic carbocycles. The molecule has 0 bridgehead atoms. The molecule has 1 aliphatic rings. The quantitative estimate of drug-likeness (QED) is 0.402. The zero-order valence-electron chi connectivity index (χ0n) is 14.1. The lowest BCUT2D eigenvalue weighted by Gasteiger charge is -2.36. The number of carbonyl (C=O) groups is 1. The van der Waals surface area contributed by atoms with Gasteiger partial charge in [0.25, 0.3) is 10.1 Å². The number of hydrogen-bond acceptors (Lipinski definition) is 7. The second-order valence-electron chi connectivity index (χ2n) is 5.54. The molecule has 7 nitrogen and oxygen atoms in total. The highest BCUT2D eigenvalue weighted by Gasteiger charge is 2.37. The fourth-order valence-corrected chi connectivity index (χ4v) is 3.02. The first-order valence-electron chi connectivity index (χ1n) is 7.78. The molecular weight excluding hydrogens is 324 g/mol. The largest absolute Gasteiger partial charge is 0.463 e. The number of rotatable bonds is 8. The molecule has 0 saturated carbocycles. The molecule has 0 aromatic rings. The summed E-state index contributed by atoms with van der Waals surface area (Å²) in [4.78, 5) is 11.8. The van der Waals surface area contributed by atoms with Crippen LogP contribution in [0.3, 0.4) is 0 Å². The van der Waals surface area contributed by atoms with Crippen LogP contribution in [0, 0.1) is 0 Å². The van der Waals surface area contributed by atoms with E-state index in [2.05, 4.69) is 0 Å². The van der Waals surface area contributed by atoms with Crippen molar-refractivity contribution >= 4 is 16.1 Å². The van der Waals surface area contributed by atoms with Crippen LogP contribution in [0.2, 0.25) is 0 Å². The van der Waals surface area contributed by atoms with E-state index in [-0.39, 0.29) is 19.4 Å². The molecule has 0 heterocycles. The summed E-state index contributed by atoms with van der Waals surface area (Å²) < 4.78 is 38.7. The van der Waals surface area contributed by atoms with Gasteiger partial charge in [-0.15, -0.1) is 0 Å². The maximum atomic E-state index is 11.8. The first kappa shape index (κ1) is 20.1. The molecule has 0 unspecified atom stereocenters. The molecular formula is C15H26O7S. The summed E-state index contributed by atoms with van der Waals surface area (Å²) in [5, 5.41) is 10.3. The van der Waals surface area contributed by atoms with Gasteiger partial charge in [-0.25, -0.2) is 4.79 Å². The van der Waals surface area contributed by atoms with E-state index in [0.29, 0.717) is 18.4 Å². The van der Waals surface area contributed by atoms with Gasteiger partial charge in [0.15, 0.2) is 5.79 Å². The van der Waals surface area contributed by atoms with Gasteiger partial charge in [-0.05, 0) is 26.2 Å². The van der Waals surface area contributed by atoms with E-state index in [1.54, 1.807) is 26.8 Å². The summed E-state index contributed by atoms with van der Waals surface area (Å²) in [7, 11) is -3.73. The number of hydrogen-bond donors (Lipinski definition) is 1. The molecule has 0 amide bonds. The zero-order valence-corrected chi connectivity index (χ0v) is 14.9. The standard InChI is InChI=1S/C15H26O7S/c1-5-15(17,6-2)21-12-9-8-11(14(16)20-7-3)10-13(12)22-23(4,18)19/h8,12-13,17H,5-7,9-10H2,1-4H3/t12-,13-/m1/s1. The fourth-order valence-electron chi connectivity index (χ4n) is 2.38. The molecule has 134 valence electrons. The topological polar surface area (TPSA) is 99.1 Å². The van der Waals surface area contributed by atoms with Crippen LogP contribution >= 0.6 is 0 Å². The normalized spacial score (nSPS) is 22.6. The highest BCUT2D eigenvalue weighted by molar-refractivity contribution is 7.86. The average Bonchev–Trinajstić information content (AvgIpc) is 2.47. The van der Waals surface area contributed by atoms with Crippen LogP contribution in [0.25, 0.3) is 0 Å². The van der Waals surface area contributed by atoms with Gasteiger partial charge in [0.1, 0.15) is 6.10 Å². The monoisotopic (exact) mass is 350 g/mol. The highest BCUT2D eigenvalue weighted by Crippen LogP contribution is 2.30. The molecule has 0 spiro atoms. The molecule has 23 heavy (non-hydrogen) atoms. The van der Waals surface area contributed by atoms with Crippen molar-refractivity contribution in [2.24, 2.45) is 0 Å². The van der Waals surface area contributed by atoms with Crippen molar-refractivity contribution in [2.75, 3.05) is 12.9 Å². The summed E-state index contributed by atoms with van der Waals surface area (Å²) >= 11 is 0. The molecule has 0 aliphatic heterocycles. The Labute approximate surface area is 137 Å². The van der Waals surface area contributed by atoms with Gasteiger partial charge in [-0.2, -0.15) is 8.42 Å². The minimum atomic E-state index is -3.73. The van der Waals surface area contributed by atoms with E-state index in [1.807, 2.05) is 0 Å². The van der Waals surface area contributed by atoms with Crippen LogP contribution in [-0.4, -0.2) is 50.4 Å². The smallest absolute Gasteiger partial charge is 0.333 e. The van der Waals surface area contributed by atoms with Crippen molar-refractivity contribution in [2.45, 2.75) is 64.4 Å². The zero-order chi connectivity index (χ0) is 17.7. The van der Waals surface area contributed by atoms with Gasteiger partial charge in [0, 0.05) is 12.0 Å². The van der Waals surface area contributed by atoms with E-state index in [4.69, 9.17) is 13.7 Å². The van der Waals surface area contributed by atoms with Crippen molar-refractivity contribution < 1.29 is 32.0 Å². The van der Waals surface area contributed by atoms with Gasteiger partial charge in [0.2, 0.25) is 0 Å². The SMILES string of the molecule is CCOC(=O)C1=CC[C@@H](OC(O)(CC)CC)[C@H](OS(C)(=O)=O)C1. The number of ether oxygens (including phenoxy) is 2. The second-order valence-corrected chi connectivity index (χ2v) is 7.14. The number of carbonyl (C=O) groups excluding carboxylic acids is 1. The van der Waals surface area contributed by atoms with Gasteiger partial charge >= 0.3 is 5.97 Å². The Morgan fingerprint density at radius 1 is 1.30 bits per heavy atom. The van der Waals surface area contributed by atoms with E-state index in [1.165, 1.54) is 0 Å². The van der Waals surface area contributed by atoms with Crippen LogP contribution in [0.15, 0.2) is 11.6 Å². The van der Waals surface area contributed by atoms with Gasteiger partial charge in [0.05, 0.1) is 19.0 Å². The molecule has 8 heteroatoms. The minimum Gasteiger partial charge on any atom is -0.463 e. The Balaban J connectivity index is 2.96. The maximum absolute atomic E-state index is 11.8. The fraction of sp³-hybridized carbons (Fsp3) is 0.800. The Hall–Kier alpha value is -0.960. The van der Waals surface area contributed by atoms with Crippen LogP contribution in [0.1, 0.15) is 46.5 Å². The van der Waals surface area contributed by atoms with E-state index < -0.39 is 34.1 Å². The maximum Gasteiger partial charge on any atom is 0.333 e. The minimum absolute atomic E-state index is 0.0556. The van der Waals surface area contributed by atoms with Crippen LogP contribution in [0.5, 0.6) is 0 Å². The lowest BCUT2D eigenvalue weighted by Crippen LogP contribution is -2.44. The first-order chi connectivity index (χ1) is 10.6. The van der Waals surface area contributed by atoms with E-state index >= 15 is 0 Å². The predicted octanol–water partition coefficient (Wildman–Crippen LogP) is 1.51.